The van der Waals surface area contributed by atoms with E-state index >= 15 is 0 Å². The number of likely N-dealkylation sites (tertiary alicyclic amines) is 2. The molecule has 2 fully saturated rings. The van der Waals surface area contributed by atoms with Gasteiger partial charge in [0.05, 0.1) is 0 Å². The maximum absolute atomic E-state index is 12.8. The Morgan fingerprint density at radius 3 is 2.44 bits per heavy atom. The highest BCUT2D eigenvalue weighted by Crippen LogP contribution is 2.30. The van der Waals surface area contributed by atoms with E-state index in [4.69, 9.17) is 0 Å². The molecule has 0 spiro atoms. The van der Waals surface area contributed by atoms with Crippen LogP contribution in [-0.2, 0) is 9.59 Å². The molecule has 0 radical (unpaired) electrons. The molecular formula is C19H28N4O2. The van der Waals surface area contributed by atoms with Crippen molar-refractivity contribution in [3.63, 3.8) is 0 Å². The van der Waals surface area contributed by atoms with Gasteiger partial charge in [0.1, 0.15) is 0 Å². The summed E-state index contributed by atoms with van der Waals surface area (Å²) in [7, 11) is 1.91. The first-order chi connectivity index (χ1) is 12.0. The van der Waals surface area contributed by atoms with Gasteiger partial charge in [-0.1, -0.05) is 0 Å². The number of nitrogens with one attached hydrogen (secondary N) is 1. The van der Waals surface area contributed by atoms with Gasteiger partial charge in [-0.15, -0.1) is 0 Å². The van der Waals surface area contributed by atoms with Crippen LogP contribution in [0.5, 0.6) is 0 Å². The number of anilines is 1. The monoisotopic (exact) mass is 344 g/mol. The van der Waals surface area contributed by atoms with E-state index in [1.54, 1.807) is 6.92 Å². The first-order valence-electron chi connectivity index (χ1n) is 9.18. The third-order valence-corrected chi connectivity index (χ3v) is 5.47. The molecule has 6 nitrogen and oxygen atoms in total. The zero-order valence-electron chi connectivity index (χ0n) is 15.4. The minimum absolute atomic E-state index is 0.0627. The third kappa shape index (κ3) is 3.94. The molecule has 1 aromatic rings. The molecule has 25 heavy (non-hydrogen) atoms. The topological polar surface area (TPSA) is 65.5 Å². The number of aryl methyl sites for hydroxylation is 1. The molecule has 0 bridgehead atoms. The summed E-state index contributed by atoms with van der Waals surface area (Å²) < 4.78 is 0. The van der Waals surface area contributed by atoms with Gasteiger partial charge in [0, 0.05) is 69.1 Å². The lowest BCUT2D eigenvalue weighted by molar-refractivity contribution is -0.139. The van der Waals surface area contributed by atoms with Crippen molar-refractivity contribution in [3.8, 4) is 0 Å². The molecule has 2 saturated heterocycles. The van der Waals surface area contributed by atoms with E-state index in [0.717, 1.165) is 49.4 Å². The van der Waals surface area contributed by atoms with E-state index in [2.05, 4.69) is 16.4 Å². The first kappa shape index (κ1) is 17.7. The van der Waals surface area contributed by atoms with Crippen LogP contribution in [0.15, 0.2) is 12.1 Å². The average Bonchev–Trinajstić information content (AvgIpc) is 3.10. The number of amides is 2. The fourth-order valence-electron chi connectivity index (χ4n) is 3.95. The standard InChI is InChI=1S/C19H28N4O2/c1-13-10-17(20-3)11-18(21-13)16-6-9-23(12-16)19(25)15-4-7-22(8-5-15)14(2)24/h10-11,15-16H,4-9,12H2,1-3H3,(H,20,21). The zero-order chi connectivity index (χ0) is 18.0. The van der Waals surface area contributed by atoms with Crippen molar-refractivity contribution in [1.82, 2.24) is 14.8 Å². The molecule has 3 heterocycles. The molecule has 3 rings (SSSR count). The Morgan fingerprint density at radius 1 is 1.12 bits per heavy atom. The summed E-state index contributed by atoms with van der Waals surface area (Å²) in [6.45, 7) is 6.57. The molecular weight excluding hydrogens is 316 g/mol. The second-order valence-electron chi connectivity index (χ2n) is 7.22. The predicted molar refractivity (Wildman–Crippen MR) is 97.4 cm³/mol. The van der Waals surface area contributed by atoms with Gasteiger partial charge in [0.15, 0.2) is 0 Å². The Bertz CT molecular complexity index is 653. The molecule has 6 heteroatoms. The fourth-order valence-corrected chi connectivity index (χ4v) is 3.95. The number of hydrogen-bond acceptors (Lipinski definition) is 4. The van der Waals surface area contributed by atoms with E-state index in [9.17, 15) is 9.59 Å². The van der Waals surface area contributed by atoms with Crippen LogP contribution in [0.4, 0.5) is 5.69 Å². The second-order valence-corrected chi connectivity index (χ2v) is 7.22. The summed E-state index contributed by atoms with van der Waals surface area (Å²) in [5.41, 5.74) is 3.15. The molecule has 2 amide bonds. The van der Waals surface area contributed by atoms with Crippen molar-refractivity contribution in [2.75, 3.05) is 38.5 Å². The normalized spacial score (nSPS) is 21.5. The van der Waals surface area contributed by atoms with Crippen LogP contribution in [0, 0.1) is 12.8 Å². The van der Waals surface area contributed by atoms with Gasteiger partial charge < -0.3 is 15.1 Å². The second kappa shape index (κ2) is 7.42. The zero-order valence-corrected chi connectivity index (χ0v) is 15.4. The number of carbonyl (C=O) groups excluding carboxylic acids is 2. The SMILES string of the molecule is CNc1cc(C)nc(C2CCN(C(=O)C3CCN(C(C)=O)CC3)C2)c1. The number of piperidine rings is 1. The molecule has 0 aliphatic carbocycles. The minimum Gasteiger partial charge on any atom is -0.388 e. The lowest BCUT2D eigenvalue weighted by atomic mass is 9.95. The van der Waals surface area contributed by atoms with Crippen molar-refractivity contribution in [3.05, 3.63) is 23.5 Å². The molecule has 1 N–H and O–H groups in total. The van der Waals surface area contributed by atoms with Gasteiger partial charge in [0.25, 0.3) is 0 Å². The van der Waals surface area contributed by atoms with Crippen LogP contribution in [0.3, 0.4) is 0 Å². The Labute approximate surface area is 149 Å². The summed E-state index contributed by atoms with van der Waals surface area (Å²) in [6, 6.07) is 4.13. The maximum Gasteiger partial charge on any atom is 0.225 e. The Balaban J connectivity index is 1.60. The van der Waals surface area contributed by atoms with Gasteiger partial charge in [-0.25, -0.2) is 0 Å². The molecule has 2 aliphatic heterocycles. The van der Waals surface area contributed by atoms with Crippen molar-refractivity contribution < 1.29 is 9.59 Å². The van der Waals surface area contributed by atoms with Gasteiger partial charge in [0.2, 0.25) is 11.8 Å². The number of hydrogen-bond donors (Lipinski definition) is 1. The van der Waals surface area contributed by atoms with E-state index in [1.165, 1.54) is 0 Å². The summed E-state index contributed by atoms with van der Waals surface area (Å²) in [4.78, 5) is 32.8. The lowest BCUT2D eigenvalue weighted by Gasteiger charge is -2.32. The molecule has 2 aliphatic rings. The highest BCUT2D eigenvalue weighted by atomic mass is 16.2. The van der Waals surface area contributed by atoms with E-state index in [0.29, 0.717) is 19.0 Å². The molecule has 1 aromatic heterocycles. The number of aromatic nitrogens is 1. The lowest BCUT2D eigenvalue weighted by Crippen LogP contribution is -2.43. The number of rotatable bonds is 3. The summed E-state index contributed by atoms with van der Waals surface area (Å²) >= 11 is 0. The molecule has 0 aromatic carbocycles. The first-order valence-corrected chi connectivity index (χ1v) is 9.18. The van der Waals surface area contributed by atoms with Crippen molar-refractivity contribution in [2.45, 2.75) is 39.0 Å². The highest BCUT2D eigenvalue weighted by molar-refractivity contribution is 5.80. The van der Waals surface area contributed by atoms with Crippen LogP contribution in [0.25, 0.3) is 0 Å². The van der Waals surface area contributed by atoms with Gasteiger partial charge in [-0.2, -0.15) is 0 Å². The van der Waals surface area contributed by atoms with Gasteiger partial charge in [-0.05, 0) is 38.3 Å². The van der Waals surface area contributed by atoms with Crippen LogP contribution in [0.2, 0.25) is 0 Å². The largest absolute Gasteiger partial charge is 0.388 e. The summed E-state index contributed by atoms with van der Waals surface area (Å²) in [5.74, 6) is 0.742. The van der Waals surface area contributed by atoms with Crippen LogP contribution in [-0.4, -0.2) is 59.8 Å². The van der Waals surface area contributed by atoms with Crippen molar-refractivity contribution >= 4 is 17.5 Å². The fraction of sp³-hybridized carbons (Fsp3) is 0.632. The Kier molecular flexibility index (Phi) is 5.25. The van der Waals surface area contributed by atoms with Crippen LogP contribution in [0.1, 0.15) is 43.5 Å². The quantitative estimate of drug-likeness (QED) is 0.911. The smallest absolute Gasteiger partial charge is 0.225 e. The summed E-state index contributed by atoms with van der Waals surface area (Å²) in [6.07, 6.45) is 2.54. The molecule has 1 unspecified atom stereocenters. The number of pyridine rings is 1. The van der Waals surface area contributed by atoms with Gasteiger partial charge in [-0.3, -0.25) is 14.6 Å². The molecule has 1 atom stereocenters. The van der Waals surface area contributed by atoms with E-state index in [-0.39, 0.29) is 17.7 Å². The highest BCUT2D eigenvalue weighted by Gasteiger charge is 2.34. The Hall–Kier alpha value is -2.11. The molecule has 136 valence electrons. The minimum atomic E-state index is 0.0627. The maximum atomic E-state index is 12.8. The van der Waals surface area contributed by atoms with Crippen molar-refractivity contribution in [1.29, 1.82) is 0 Å². The average molecular weight is 344 g/mol. The summed E-state index contributed by atoms with van der Waals surface area (Å²) in [5, 5.41) is 3.18. The van der Waals surface area contributed by atoms with E-state index < -0.39 is 0 Å². The molecule has 0 saturated carbocycles. The van der Waals surface area contributed by atoms with Crippen LogP contribution >= 0.6 is 0 Å². The van der Waals surface area contributed by atoms with Gasteiger partial charge >= 0.3 is 0 Å². The van der Waals surface area contributed by atoms with Crippen molar-refractivity contribution in [2.24, 2.45) is 5.92 Å². The number of nitrogens with zero attached hydrogens (tertiary/aromatic N) is 3. The van der Waals surface area contributed by atoms with Crippen LogP contribution < -0.4 is 5.32 Å². The number of carbonyl (C=O) groups is 2. The third-order valence-electron chi connectivity index (χ3n) is 5.47. The predicted octanol–water partition coefficient (Wildman–Crippen LogP) is 2.01. The Morgan fingerprint density at radius 2 is 1.80 bits per heavy atom. The van der Waals surface area contributed by atoms with E-state index in [1.807, 2.05) is 29.8 Å².